The molecule has 0 bridgehead atoms. The molecule has 0 aliphatic rings. The summed E-state index contributed by atoms with van der Waals surface area (Å²) in [5, 5.41) is 2.79. The van der Waals surface area contributed by atoms with E-state index in [9.17, 15) is 13.2 Å². The normalized spacial score (nSPS) is 11.0. The number of carbonyl (C=O) groups is 1. The van der Waals surface area contributed by atoms with Crippen molar-refractivity contribution in [2.24, 2.45) is 0 Å². The number of anilines is 2. The third kappa shape index (κ3) is 5.05. The van der Waals surface area contributed by atoms with E-state index >= 15 is 0 Å². The van der Waals surface area contributed by atoms with E-state index in [1.165, 1.54) is 32.4 Å². The number of hydrogen-bond donors (Lipinski definition) is 1. The monoisotopic (exact) mass is 518 g/mol. The Morgan fingerprint density at radius 1 is 1.00 bits per heavy atom. The van der Waals surface area contributed by atoms with E-state index in [0.717, 1.165) is 14.3 Å². The predicted molar refractivity (Wildman–Crippen MR) is 128 cm³/mol. The Morgan fingerprint density at radius 3 is 2.38 bits per heavy atom. The first kappa shape index (κ1) is 23.6. The molecule has 0 fully saturated rings. The molecule has 1 N–H and O–H groups in total. The fourth-order valence-corrected chi connectivity index (χ4v) is 4.88. The van der Waals surface area contributed by atoms with Crippen molar-refractivity contribution in [1.29, 1.82) is 0 Å². The SMILES string of the molecule is COc1ccc(OC)c(N(CC(=O)Nc2cccc(Br)c2C)S(=O)(=O)c2ccccc2)c1. The summed E-state index contributed by atoms with van der Waals surface area (Å²) >= 11 is 3.43. The Kier molecular flexibility index (Phi) is 7.42. The van der Waals surface area contributed by atoms with Gasteiger partial charge in [-0.3, -0.25) is 9.10 Å². The van der Waals surface area contributed by atoms with Crippen LogP contribution in [0.15, 0.2) is 76.1 Å². The third-order valence-corrected chi connectivity index (χ3v) is 7.45. The number of rotatable bonds is 8. The second-order valence-electron chi connectivity index (χ2n) is 6.82. The predicted octanol–water partition coefficient (Wildman–Crippen LogP) is 4.61. The van der Waals surface area contributed by atoms with Crippen molar-refractivity contribution in [1.82, 2.24) is 0 Å². The highest BCUT2D eigenvalue weighted by Gasteiger charge is 2.30. The minimum atomic E-state index is -4.09. The summed E-state index contributed by atoms with van der Waals surface area (Å²) in [6.07, 6.45) is 0. The van der Waals surface area contributed by atoms with Crippen LogP contribution in [-0.2, 0) is 14.8 Å². The minimum Gasteiger partial charge on any atom is -0.497 e. The molecule has 0 unspecified atom stereocenters. The van der Waals surface area contributed by atoms with Gasteiger partial charge >= 0.3 is 0 Å². The van der Waals surface area contributed by atoms with E-state index in [2.05, 4.69) is 21.2 Å². The molecule has 0 saturated heterocycles. The average molecular weight is 519 g/mol. The molecule has 3 rings (SSSR count). The first-order valence-corrected chi connectivity index (χ1v) is 11.9. The Hall–Kier alpha value is -3.04. The molecule has 9 heteroatoms. The van der Waals surface area contributed by atoms with Gasteiger partial charge in [-0.1, -0.05) is 40.2 Å². The Morgan fingerprint density at radius 2 is 1.72 bits per heavy atom. The van der Waals surface area contributed by atoms with E-state index in [0.29, 0.717) is 11.4 Å². The van der Waals surface area contributed by atoms with Crippen LogP contribution in [0.3, 0.4) is 0 Å². The van der Waals surface area contributed by atoms with Gasteiger partial charge in [-0.15, -0.1) is 0 Å². The summed E-state index contributed by atoms with van der Waals surface area (Å²) in [6, 6.07) is 18.1. The fourth-order valence-electron chi connectivity index (χ4n) is 3.07. The molecule has 3 aromatic carbocycles. The summed E-state index contributed by atoms with van der Waals surface area (Å²) in [4.78, 5) is 13.0. The highest BCUT2D eigenvalue weighted by atomic mass is 79.9. The first-order valence-electron chi connectivity index (χ1n) is 9.62. The summed E-state index contributed by atoms with van der Waals surface area (Å²) in [5.74, 6) is 0.213. The van der Waals surface area contributed by atoms with Crippen LogP contribution in [0.5, 0.6) is 11.5 Å². The number of nitrogens with zero attached hydrogens (tertiary/aromatic N) is 1. The zero-order valence-electron chi connectivity index (χ0n) is 17.8. The van der Waals surface area contributed by atoms with Gasteiger partial charge in [-0.25, -0.2) is 8.42 Å². The zero-order chi connectivity index (χ0) is 23.3. The van der Waals surface area contributed by atoms with Crippen LogP contribution in [0.4, 0.5) is 11.4 Å². The standard InChI is InChI=1S/C23H23BrN2O5S/c1-16-19(24)10-7-11-20(16)25-23(27)15-26(32(28,29)18-8-5-4-6-9-18)21-14-17(30-2)12-13-22(21)31-3/h4-14H,15H2,1-3H3,(H,25,27). The lowest BCUT2D eigenvalue weighted by atomic mass is 10.2. The number of sulfonamides is 1. The van der Waals surface area contributed by atoms with Crippen LogP contribution >= 0.6 is 15.9 Å². The Bertz CT molecular complexity index is 1220. The van der Waals surface area contributed by atoms with Crippen molar-refractivity contribution >= 4 is 43.2 Å². The molecule has 32 heavy (non-hydrogen) atoms. The lowest BCUT2D eigenvalue weighted by Crippen LogP contribution is -2.38. The van der Waals surface area contributed by atoms with Gasteiger partial charge in [-0.05, 0) is 48.9 Å². The molecule has 0 radical (unpaired) electrons. The first-order chi connectivity index (χ1) is 15.3. The maximum Gasteiger partial charge on any atom is 0.264 e. The van der Waals surface area contributed by atoms with E-state index < -0.39 is 22.5 Å². The van der Waals surface area contributed by atoms with E-state index in [1.807, 2.05) is 13.0 Å². The molecule has 0 saturated carbocycles. The quantitative estimate of drug-likeness (QED) is 0.470. The van der Waals surface area contributed by atoms with Crippen LogP contribution in [-0.4, -0.2) is 35.1 Å². The molecule has 0 aliphatic carbocycles. The van der Waals surface area contributed by atoms with E-state index in [1.54, 1.807) is 42.5 Å². The summed E-state index contributed by atoms with van der Waals surface area (Å²) in [7, 11) is -1.18. The van der Waals surface area contributed by atoms with E-state index in [4.69, 9.17) is 9.47 Å². The molecule has 3 aromatic rings. The average Bonchev–Trinajstić information content (AvgIpc) is 2.80. The maximum atomic E-state index is 13.6. The lowest BCUT2D eigenvalue weighted by Gasteiger charge is -2.26. The second-order valence-corrected chi connectivity index (χ2v) is 9.54. The zero-order valence-corrected chi connectivity index (χ0v) is 20.2. The van der Waals surface area contributed by atoms with Gasteiger partial charge in [0.1, 0.15) is 18.0 Å². The molecular formula is C23H23BrN2O5S. The Labute approximate surface area is 196 Å². The number of nitrogens with one attached hydrogen (secondary N) is 1. The van der Waals surface area contributed by atoms with Crippen molar-refractivity contribution in [2.45, 2.75) is 11.8 Å². The van der Waals surface area contributed by atoms with Gasteiger partial charge in [0.2, 0.25) is 5.91 Å². The summed E-state index contributed by atoms with van der Waals surface area (Å²) in [5.41, 5.74) is 1.60. The largest absolute Gasteiger partial charge is 0.497 e. The summed E-state index contributed by atoms with van der Waals surface area (Å²) in [6.45, 7) is 1.38. The highest BCUT2D eigenvalue weighted by Crippen LogP contribution is 2.35. The lowest BCUT2D eigenvalue weighted by molar-refractivity contribution is -0.114. The van der Waals surface area contributed by atoms with Crippen molar-refractivity contribution in [2.75, 3.05) is 30.4 Å². The van der Waals surface area contributed by atoms with Gasteiger partial charge < -0.3 is 14.8 Å². The van der Waals surface area contributed by atoms with Crippen LogP contribution < -0.4 is 19.1 Å². The molecule has 0 spiro atoms. The molecule has 7 nitrogen and oxygen atoms in total. The number of ether oxygens (including phenoxy) is 2. The number of benzene rings is 3. The van der Waals surface area contributed by atoms with Crippen LogP contribution in [0.2, 0.25) is 0 Å². The molecule has 1 amide bonds. The van der Waals surface area contributed by atoms with E-state index in [-0.39, 0.29) is 16.3 Å². The number of methoxy groups -OCH3 is 2. The Balaban J connectivity index is 2.05. The van der Waals surface area contributed by atoms with Gasteiger partial charge in [0, 0.05) is 16.2 Å². The molecule has 168 valence electrons. The molecular weight excluding hydrogens is 496 g/mol. The van der Waals surface area contributed by atoms with Crippen LogP contribution in [0.1, 0.15) is 5.56 Å². The minimum absolute atomic E-state index is 0.0521. The summed E-state index contributed by atoms with van der Waals surface area (Å²) < 4.78 is 39.6. The molecule has 0 aliphatic heterocycles. The highest BCUT2D eigenvalue weighted by molar-refractivity contribution is 9.10. The van der Waals surface area contributed by atoms with Gasteiger partial charge in [0.05, 0.1) is 24.8 Å². The smallest absolute Gasteiger partial charge is 0.264 e. The topological polar surface area (TPSA) is 84.9 Å². The molecule has 0 heterocycles. The number of amides is 1. The molecule has 0 aromatic heterocycles. The van der Waals surface area contributed by atoms with Crippen molar-refractivity contribution in [3.05, 3.63) is 76.8 Å². The van der Waals surface area contributed by atoms with Crippen molar-refractivity contribution < 1.29 is 22.7 Å². The number of hydrogen-bond acceptors (Lipinski definition) is 5. The van der Waals surface area contributed by atoms with Gasteiger partial charge in [0.15, 0.2) is 0 Å². The van der Waals surface area contributed by atoms with Crippen molar-refractivity contribution in [3.8, 4) is 11.5 Å². The van der Waals surface area contributed by atoms with Gasteiger partial charge in [0.25, 0.3) is 10.0 Å². The molecule has 0 atom stereocenters. The van der Waals surface area contributed by atoms with Gasteiger partial charge in [-0.2, -0.15) is 0 Å². The number of halogens is 1. The number of carbonyl (C=O) groups excluding carboxylic acids is 1. The second kappa shape index (κ2) is 10.1. The van der Waals surface area contributed by atoms with Crippen LogP contribution in [0, 0.1) is 6.92 Å². The van der Waals surface area contributed by atoms with Crippen LogP contribution in [0.25, 0.3) is 0 Å². The third-order valence-electron chi connectivity index (χ3n) is 4.81. The maximum absolute atomic E-state index is 13.6. The fraction of sp³-hybridized carbons (Fsp3) is 0.174. The van der Waals surface area contributed by atoms with Crippen molar-refractivity contribution in [3.63, 3.8) is 0 Å².